The van der Waals surface area contributed by atoms with Crippen LogP contribution in [0.25, 0.3) is 11.6 Å². The van der Waals surface area contributed by atoms with Gasteiger partial charge in [-0.05, 0) is 43.2 Å². The van der Waals surface area contributed by atoms with E-state index >= 15 is 0 Å². The molecule has 0 saturated carbocycles. The Kier molecular flexibility index (Phi) is 6.44. The third kappa shape index (κ3) is 4.61. The van der Waals surface area contributed by atoms with Gasteiger partial charge in [0.15, 0.2) is 0 Å². The topological polar surface area (TPSA) is 80.9 Å². The summed E-state index contributed by atoms with van der Waals surface area (Å²) in [5.41, 5.74) is 5.76. The predicted octanol–water partition coefficient (Wildman–Crippen LogP) is 5.46. The number of nitrogens with one attached hydrogen (secondary N) is 1. The molecule has 1 N–H and O–H groups in total. The van der Waals surface area contributed by atoms with Crippen LogP contribution in [0.4, 0.5) is 5.69 Å². The van der Waals surface area contributed by atoms with E-state index in [-0.39, 0.29) is 19.2 Å². The Bertz CT molecular complexity index is 1200. The van der Waals surface area contributed by atoms with Crippen molar-refractivity contribution in [2.45, 2.75) is 20.5 Å². The smallest absolute Gasteiger partial charge is 0.359 e. The van der Waals surface area contributed by atoms with Gasteiger partial charge in [-0.2, -0.15) is 0 Å². The minimum Gasteiger partial charge on any atom is -0.359 e. The summed E-state index contributed by atoms with van der Waals surface area (Å²) in [7, 11) is -2.61. The summed E-state index contributed by atoms with van der Waals surface area (Å²) in [4.78, 5) is 18.0. The van der Waals surface area contributed by atoms with Crippen LogP contribution in [0.5, 0.6) is 0 Å². The first-order valence-electron chi connectivity index (χ1n) is 10.2. The molecule has 32 heavy (non-hydrogen) atoms. The molecule has 1 unspecified atom stereocenters. The monoisotopic (exact) mass is 452 g/mol. The first-order valence-corrected chi connectivity index (χ1v) is 11.6. The zero-order valence-corrected chi connectivity index (χ0v) is 19.1. The highest BCUT2D eigenvalue weighted by molar-refractivity contribution is 7.48. The zero-order chi connectivity index (χ0) is 22.7. The molecule has 7 nitrogen and oxygen atoms in total. The van der Waals surface area contributed by atoms with Crippen molar-refractivity contribution >= 4 is 31.1 Å². The summed E-state index contributed by atoms with van der Waals surface area (Å²) in [5, 5.41) is 0. The third-order valence-electron chi connectivity index (χ3n) is 5.24. The molecule has 8 heteroatoms. The SMILES string of the molecule is COP(=O)(OCc1ccccc1)OCN1C(=O)C(=Cc2[nH]c(C)cc2C)c2ccccc21. The normalized spacial score (nSPS) is 16.4. The molecule has 1 aliphatic heterocycles. The number of aryl methyl sites for hydroxylation is 2. The van der Waals surface area contributed by atoms with E-state index in [1.165, 1.54) is 12.0 Å². The molecule has 0 bridgehead atoms. The molecule has 1 atom stereocenters. The molecule has 166 valence electrons. The van der Waals surface area contributed by atoms with Crippen molar-refractivity contribution in [2.24, 2.45) is 0 Å². The maximum atomic E-state index is 13.3. The average molecular weight is 452 g/mol. The number of para-hydroxylation sites is 1. The molecule has 3 aromatic rings. The minimum atomic E-state index is -3.87. The average Bonchev–Trinajstić information content (AvgIpc) is 3.27. The molecule has 0 fully saturated rings. The summed E-state index contributed by atoms with van der Waals surface area (Å²) < 4.78 is 28.9. The Morgan fingerprint density at radius 2 is 1.75 bits per heavy atom. The van der Waals surface area contributed by atoms with Crippen molar-refractivity contribution in [3.8, 4) is 0 Å². The van der Waals surface area contributed by atoms with Crippen LogP contribution in [0.15, 0.2) is 60.7 Å². The summed E-state index contributed by atoms with van der Waals surface area (Å²) in [5.74, 6) is -0.247. The number of fused-ring (bicyclic) bond motifs is 1. The largest absolute Gasteiger partial charge is 0.476 e. The molecule has 0 aliphatic carbocycles. The van der Waals surface area contributed by atoms with Crippen molar-refractivity contribution in [3.63, 3.8) is 0 Å². The molecule has 4 rings (SSSR count). The summed E-state index contributed by atoms with van der Waals surface area (Å²) in [6.07, 6.45) is 1.84. The third-order valence-corrected chi connectivity index (χ3v) is 6.56. The van der Waals surface area contributed by atoms with Crippen LogP contribution in [-0.4, -0.2) is 24.7 Å². The highest BCUT2D eigenvalue weighted by Crippen LogP contribution is 2.50. The number of hydrogen-bond donors (Lipinski definition) is 1. The molecule has 2 heterocycles. The Balaban J connectivity index is 1.54. The second-order valence-electron chi connectivity index (χ2n) is 7.50. The van der Waals surface area contributed by atoms with Gasteiger partial charge in [-0.25, -0.2) is 4.57 Å². The summed E-state index contributed by atoms with van der Waals surface area (Å²) in [6.45, 7) is 3.75. The van der Waals surface area contributed by atoms with E-state index < -0.39 is 7.82 Å². The van der Waals surface area contributed by atoms with Gasteiger partial charge < -0.3 is 4.98 Å². The van der Waals surface area contributed by atoms with Gasteiger partial charge in [0.05, 0.1) is 17.9 Å². The number of phosphoric ester groups is 1. The van der Waals surface area contributed by atoms with Gasteiger partial charge in [-0.15, -0.1) is 0 Å². The van der Waals surface area contributed by atoms with Crippen LogP contribution in [-0.2, 0) is 29.5 Å². The Morgan fingerprint density at radius 3 is 2.44 bits per heavy atom. The molecule has 0 radical (unpaired) electrons. The van der Waals surface area contributed by atoms with Crippen molar-refractivity contribution in [2.75, 3.05) is 18.7 Å². The molecule has 2 aromatic carbocycles. The lowest BCUT2D eigenvalue weighted by atomic mass is 10.1. The fourth-order valence-corrected chi connectivity index (χ4v) is 4.47. The highest BCUT2D eigenvalue weighted by atomic mass is 31.2. The quantitative estimate of drug-likeness (QED) is 0.362. The molecule has 1 aromatic heterocycles. The number of aromatic amines is 1. The standard InChI is InChI=1S/C24H25N2O5P/c1-17-13-18(2)25-22(17)14-21-20-11-7-8-12-23(20)26(24(21)27)16-31-32(28,29-3)30-15-19-9-5-4-6-10-19/h4-14,25H,15-16H2,1-3H3. The van der Waals surface area contributed by atoms with E-state index in [0.717, 1.165) is 28.1 Å². The van der Waals surface area contributed by atoms with Crippen molar-refractivity contribution < 1.29 is 22.9 Å². The highest BCUT2D eigenvalue weighted by Gasteiger charge is 2.35. The fraction of sp³-hybridized carbons (Fsp3) is 0.208. The number of phosphoric acid groups is 1. The lowest BCUT2D eigenvalue weighted by Crippen LogP contribution is -2.28. The van der Waals surface area contributed by atoms with E-state index in [4.69, 9.17) is 13.6 Å². The van der Waals surface area contributed by atoms with E-state index in [2.05, 4.69) is 4.98 Å². The lowest BCUT2D eigenvalue weighted by Gasteiger charge is -2.21. The number of hydrogen-bond acceptors (Lipinski definition) is 5. The van der Waals surface area contributed by atoms with Gasteiger partial charge in [0.2, 0.25) is 0 Å². The zero-order valence-electron chi connectivity index (χ0n) is 18.2. The fourth-order valence-electron chi connectivity index (χ4n) is 3.62. The van der Waals surface area contributed by atoms with Crippen LogP contribution in [0, 0.1) is 13.8 Å². The number of carbonyl (C=O) groups is 1. The van der Waals surface area contributed by atoms with Gasteiger partial charge >= 0.3 is 7.82 Å². The maximum Gasteiger partial charge on any atom is 0.476 e. The number of nitrogens with zero attached hydrogens (tertiary/aromatic N) is 1. The maximum absolute atomic E-state index is 13.3. The lowest BCUT2D eigenvalue weighted by molar-refractivity contribution is -0.113. The number of carbonyl (C=O) groups excluding carboxylic acids is 1. The van der Waals surface area contributed by atoms with E-state index in [9.17, 15) is 9.36 Å². The van der Waals surface area contributed by atoms with Gasteiger partial charge in [0, 0.05) is 24.1 Å². The molecule has 0 saturated heterocycles. The number of H-pyrrole nitrogens is 1. The number of benzene rings is 2. The van der Waals surface area contributed by atoms with Gasteiger partial charge in [0.1, 0.15) is 6.73 Å². The number of aromatic nitrogens is 1. The second-order valence-corrected chi connectivity index (χ2v) is 9.28. The van der Waals surface area contributed by atoms with Crippen molar-refractivity contribution in [3.05, 3.63) is 88.7 Å². The van der Waals surface area contributed by atoms with Crippen LogP contribution >= 0.6 is 7.82 Å². The van der Waals surface area contributed by atoms with Gasteiger partial charge in [-0.3, -0.25) is 23.3 Å². The molecule has 1 amide bonds. The first kappa shape index (κ1) is 22.2. The van der Waals surface area contributed by atoms with Crippen LogP contribution in [0.1, 0.15) is 28.1 Å². The Labute approximate surface area is 187 Å². The van der Waals surface area contributed by atoms with Gasteiger partial charge in [-0.1, -0.05) is 48.5 Å². The van der Waals surface area contributed by atoms with Crippen LogP contribution < -0.4 is 4.90 Å². The van der Waals surface area contributed by atoms with Gasteiger partial charge in [0.25, 0.3) is 5.91 Å². The second kappa shape index (κ2) is 9.27. The first-order chi connectivity index (χ1) is 15.4. The minimum absolute atomic E-state index is 0.0626. The number of amides is 1. The molecular formula is C24H25N2O5P. The van der Waals surface area contributed by atoms with E-state index in [1.54, 1.807) is 0 Å². The predicted molar refractivity (Wildman–Crippen MR) is 124 cm³/mol. The molecule has 0 spiro atoms. The van der Waals surface area contributed by atoms with Crippen LogP contribution in [0.3, 0.4) is 0 Å². The molecule has 1 aliphatic rings. The summed E-state index contributed by atoms with van der Waals surface area (Å²) >= 11 is 0. The van der Waals surface area contributed by atoms with E-state index in [0.29, 0.717) is 11.3 Å². The van der Waals surface area contributed by atoms with Crippen molar-refractivity contribution in [1.82, 2.24) is 4.98 Å². The van der Waals surface area contributed by atoms with E-state index in [1.807, 2.05) is 80.6 Å². The number of anilines is 1. The van der Waals surface area contributed by atoms with Crippen molar-refractivity contribution in [1.29, 1.82) is 0 Å². The summed E-state index contributed by atoms with van der Waals surface area (Å²) in [6, 6.07) is 18.7. The Morgan fingerprint density at radius 1 is 1.03 bits per heavy atom. The number of rotatable bonds is 8. The Hall–Kier alpha value is -2.96. The van der Waals surface area contributed by atoms with Crippen LogP contribution in [0.2, 0.25) is 0 Å². The molecular weight excluding hydrogens is 427 g/mol.